The monoisotopic (exact) mass is 328 g/mol. The number of pyridine rings is 1. The number of amides is 1. The van der Waals surface area contributed by atoms with Crippen molar-refractivity contribution in [3.05, 3.63) is 23.0 Å². The van der Waals surface area contributed by atoms with Crippen molar-refractivity contribution in [2.75, 3.05) is 20.1 Å². The Hall–Kier alpha value is -1.95. The molecule has 2 atom stereocenters. The number of likely N-dealkylation sites (N-methyl/N-ethyl adjacent to an activating group) is 1. The Morgan fingerprint density at radius 2 is 1.96 bits per heavy atom. The number of carbonyl (C=O) groups excluding carboxylic acids is 1. The second-order valence-corrected chi connectivity index (χ2v) is 7.16. The molecule has 0 saturated carbocycles. The van der Waals surface area contributed by atoms with Gasteiger partial charge in [-0.25, -0.2) is 4.98 Å². The van der Waals surface area contributed by atoms with E-state index >= 15 is 0 Å². The van der Waals surface area contributed by atoms with Gasteiger partial charge in [-0.15, -0.1) is 0 Å². The highest BCUT2D eigenvalue weighted by Crippen LogP contribution is 2.32. The van der Waals surface area contributed by atoms with E-state index in [1.54, 1.807) is 0 Å². The minimum absolute atomic E-state index is 0.0969. The molecule has 0 aromatic carbocycles. The maximum atomic E-state index is 13.3. The van der Waals surface area contributed by atoms with E-state index in [-0.39, 0.29) is 5.91 Å². The van der Waals surface area contributed by atoms with Crippen molar-refractivity contribution >= 4 is 17.0 Å². The number of rotatable bonds is 2. The molecule has 0 unspecified atom stereocenters. The maximum Gasteiger partial charge on any atom is 0.258 e. The van der Waals surface area contributed by atoms with Gasteiger partial charge in [-0.05, 0) is 59.2 Å². The van der Waals surface area contributed by atoms with Crippen molar-refractivity contribution in [1.29, 1.82) is 0 Å². The Morgan fingerprint density at radius 1 is 1.21 bits per heavy atom. The van der Waals surface area contributed by atoms with Crippen LogP contribution in [0.4, 0.5) is 0 Å². The summed E-state index contributed by atoms with van der Waals surface area (Å²) in [4.78, 5) is 22.2. The third-order valence-corrected chi connectivity index (χ3v) is 5.56. The highest BCUT2D eigenvalue weighted by Gasteiger charge is 2.39. The standard InChI is InChI=1S/C18H24N4O2/c1-11-10-13(16-12(2)20-24-17(16)19-11)18(23)22-9-5-7-15(22)14-6-4-8-21(14)3/h10,14-15H,4-9H2,1-3H3/t14-,15+/m0/s1. The van der Waals surface area contributed by atoms with Gasteiger partial charge in [0, 0.05) is 24.3 Å². The van der Waals surface area contributed by atoms with Crippen LogP contribution < -0.4 is 0 Å². The molecule has 0 N–H and O–H groups in total. The Morgan fingerprint density at radius 3 is 2.71 bits per heavy atom. The lowest BCUT2D eigenvalue weighted by molar-refractivity contribution is 0.0666. The first-order chi connectivity index (χ1) is 11.6. The Kier molecular flexibility index (Phi) is 3.79. The average Bonchev–Trinajstić information content (AvgIpc) is 3.26. The predicted molar refractivity (Wildman–Crippen MR) is 91.0 cm³/mol. The van der Waals surface area contributed by atoms with Crippen molar-refractivity contribution in [1.82, 2.24) is 19.9 Å². The lowest BCUT2D eigenvalue weighted by Gasteiger charge is -2.33. The van der Waals surface area contributed by atoms with E-state index in [1.807, 2.05) is 19.9 Å². The van der Waals surface area contributed by atoms with Crippen LogP contribution >= 0.6 is 0 Å². The fourth-order valence-electron chi connectivity index (χ4n) is 4.41. The molecule has 128 valence electrons. The number of carbonyl (C=O) groups is 1. The van der Waals surface area contributed by atoms with Crippen LogP contribution in [0.15, 0.2) is 10.6 Å². The fourth-order valence-corrected chi connectivity index (χ4v) is 4.41. The summed E-state index contributed by atoms with van der Waals surface area (Å²) >= 11 is 0. The molecule has 0 spiro atoms. The summed E-state index contributed by atoms with van der Waals surface area (Å²) in [7, 11) is 2.18. The highest BCUT2D eigenvalue weighted by molar-refractivity contribution is 6.06. The van der Waals surface area contributed by atoms with Gasteiger partial charge in [0.05, 0.1) is 16.6 Å². The van der Waals surface area contributed by atoms with Crippen LogP contribution in [0.1, 0.15) is 47.4 Å². The van der Waals surface area contributed by atoms with E-state index in [0.717, 1.165) is 42.7 Å². The number of aromatic nitrogens is 2. The number of likely N-dealkylation sites (tertiary alicyclic amines) is 2. The molecule has 6 nitrogen and oxygen atoms in total. The summed E-state index contributed by atoms with van der Waals surface area (Å²) < 4.78 is 5.29. The van der Waals surface area contributed by atoms with Gasteiger partial charge < -0.3 is 14.3 Å². The normalized spacial score (nSPS) is 25.0. The van der Waals surface area contributed by atoms with Gasteiger partial charge in [-0.2, -0.15) is 0 Å². The second kappa shape index (κ2) is 5.84. The first kappa shape index (κ1) is 15.6. The van der Waals surface area contributed by atoms with E-state index in [1.165, 1.54) is 12.8 Å². The van der Waals surface area contributed by atoms with Gasteiger partial charge in [0.1, 0.15) is 0 Å². The van der Waals surface area contributed by atoms with Gasteiger partial charge in [-0.3, -0.25) is 4.79 Å². The van der Waals surface area contributed by atoms with Crippen LogP contribution in [-0.2, 0) is 0 Å². The van der Waals surface area contributed by atoms with Crippen LogP contribution in [0.5, 0.6) is 0 Å². The first-order valence-corrected chi connectivity index (χ1v) is 8.81. The van der Waals surface area contributed by atoms with Gasteiger partial charge in [0.25, 0.3) is 11.6 Å². The molecule has 2 aliphatic rings. The topological polar surface area (TPSA) is 62.5 Å². The molecule has 1 amide bonds. The Bertz CT molecular complexity index is 785. The predicted octanol–water partition coefficient (Wildman–Crippen LogP) is 2.54. The van der Waals surface area contributed by atoms with Crippen molar-refractivity contribution in [3.63, 3.8) is 0 Å². The summed E-state index contributed by atoms with van der Waals surface area (Å²) in [6, 6.07) is 2.68. The zero-order valence-corrected chi connectivity index (χ0v) is 14.6. The molecular formula is C18H24N4O2. The SMILES string of the molecule is Cc1cc(C(=O)N2CCC[C@@H]2[C@@H]2CCCN2C)c2c(C)noc2n1. The molecule has 6 heteroatoms. The van der Waals surface area contributed by atoms with Crippen molar-refractivity contribution in [3.8, 4) is 0 Å². The van der Waals surface area contributed by atoms with Crippen molar-refractivity contribution in [2.45, 2.75) is 51.6 Å². The van der Waals surface area contributed by atoms with Crippen LogP contribution in [0, 0.1) is 13.8 Å². The number of nitrogens with zero attached hydrogens (tertiary/aromatic N) is 4. The van der Waals surface area contributed by atoms with Gasteiger partial charge in [0.15, 0.2) is 0 Å². The molecule has 4 rings (SSSR count). The van der Waals surface area contributed by atoms with Crippen LogP contribution in [0.2, 0.25) is 0 Å². The van der Waals surface area contributed by atoms with E-state index in [9.17, 15) is 4.79 Å². The van der Waals surface area contributed by atoms with E-state index in [0.29, 0.717) is 23.4 Å². The third kappa shape index (κ3) is 2.40. The third-order valence-electron chi connectivity index (χ3n) is 5.56. The molecule has 4 heterocycles. The molecular weight excluding hydrogens is 304 g/mol. The lowest BCUT2D eigenvalue weighted by atomic mass is 10.0. The summed E-state index contributed by atoms with van der Waals surface area (Å²) in [5.41, 5.74) is 2.67. The van der Waals surface area contributed by atoms with Crippen molar-refractivity contribution in [2.24, 2.45) is 0 Å². The fraction of sp³-hybridized carbons (Fsp3) is 0.611. The summed E-state index contributed by atoms with van der Waals surface area (Å²) in [6.07, 6.45) is 4.58. The Balaban J connectivity index is 1.72. The molecule has 2 fully saturated rings. The zero-order chi connectivity index (χ0) is 16.8. The molecule has 0 aliphatic carbocycles. The largest absolute Gasteiger partial charge is 0.336 e. The highest BCUT2D eigenvalue weighted by atomic mass is 16.5. The average molecular weight is 328 g/mol. The quantitative estimate of drug-likeness (QED) is 0.848. The van der Waals surface area contributed by atoms with E-state index < -0.39 is 0 Å². The minimum Gasteiger partial charge on any atom is -0.336 e. The molecule has 2 aliphatic heterocycles. The number of aryl methyl sites for hydroxylation is 2. The smallest absolute Gasteiger partial charge is 0.258 e. The van der Waals surface area contributed by atoms with Crippen LogP contribution in [0.25, 0.3) is 11.1 Å². The van der Waals surface area contributed by atoms with E-state index in [2.05, 4.69) is 27.0 Å². The zero-order valence-electron chi connectivity index (χ0n) is 14.6. The van der Waals surface area contributed by atoms with Gasteiger partial charge in [-0.1, -0.05) is 5.16 Å². The summed E-state index contributed by atoms with van der Waals surface area (Å²) in [5, 5.41) is 4.76. The maximum absolute atomic E-state index is 13.3. The van der Waals surface area contributed by atoms with Gasteiger partial charge >= 0.3 is 0 Å². The van der Waals surface area contributed by atoms with Crippen molar-refractivity contribution < 1.29 is 9.32 Å². The molecule has 2 saturated heterocycles. The first-order valence-electron chi connectivity index (χ1n) is 8.81. The molecule has 2 aromatic rings. The minimum atomic E-state index is 0.0969. The van der Waals surface area contributed by atoms with Crippen LogP contribution in [0.3, 0.4) is 0 Å². The molecule has 0 radical (unpaired) electrons. The molecule has 2 aromatic heterocycles. The molecule has 24 heavy (non-hydrogen) atoms. The Labute approximate surface area is 141 Å². The van der Waals surface area contributed by atoms with E-state index in [4.69, 9.17) is 4.52 Å². The summed E-state index contributed by atoms with van der Waals surface area (Å²) in [5.74, 6) is 0.0969. The summed E-state index contributed by atoms with van der Waals surface area (Å²) in [6.45, 7) is 5.72. The second-order valence-electron chi connectivity index (χ2n) is 7.16. The van der Waals surface area contributed by atoms with Gasteiger partial charge in [0.2, 0.25) is 0 Å². The number of hydrogen-bond acceptors (Lipinski definition) is 5. The lowest BCUT2D eigenvalue weighted by Crippen LogP contribution is -2.47. The number of fused-ring (bicyclic) bond motifs is 1. The van der Waals surface area contributed by atoms with Crippen LogP contribution in [-0.4, -0.2) is 58.1 Å². The number of hydrogen-bond donors (Lipinski definition) is 0. The molecule has 0 bridgehead atoms.